The summed E-state index contributed by atoms with van der Waals surface area (Å²) in [6, 6.07) is 14.5. The normalized spacial score (nSPS) is 14.2. The predicted molar refractivity (Wildman–Crippen MR) is 82.0 cm³/mol. The minimum absolute atomic E-state index is 0.154. The van der Waals surface area contributed by atoms with Gasteiger partial charge in [-0.25, -0.2) is 4.79 Å². The van der Waals surface area contributed by atoms with Gasteiger partial charge in [-0.2, -0.15) is 0 Å². The Kier molecular flexibility index (Phi) is 3.83. The molecule has 1 saturated carbocycles. The van der Waals surface area contributed by atoms with Crippen LogP contribution in [0.15, 0.2) is 42.5 Å². The summed E-state index contributed by atoms with van der Waals surface area (Å²) in [6.45, 7) is 1.47. The van der Waals surface area contributed by atoms with E-state index in [0.717, 1.165) is 23.0 Å². The number of nitrogens with one attached hydrogen (secondary N) is 3. The van der Waals surface area contributed by atoms with Gasteiger partial charge in [0.25, 0.3) is 0 Å². The second kappa shape index (κ2) is 5.92. The Morgan fingerprint density at radius 1 is 1.05 bits per heavy atom. The van der Waals surface area contributed by atoms with E-state index in [9.17, 15) is 4.79 Å². The van der Waals surface area contributed by atoms with Crippen molar-refractivity contribution >= 4 is 22.5 Å². The summed E-state index contributed by atoms with van der Waals surface area (Å²) in [5.74, 6) is 0. The van der Waals surface area contributed by atoms with Crippen molar-refractivity contribution in [1.29, 1.82) is 0 Å². The van der Waals surface area contributed by atoms with Crippen LogP contribution in [0.2, 0.25) is 0 Å². The van der Waals surface area contributed by atoms with Gasteiger partial charge in [0.1, 0.15) is 0 Å². The van der Waals surface area contributed by atoms with Crippen LogP contribution in [0.25, 0.3) is 10.8 Å². The van der Waals surface area contributed by atoms with Gasteiger partial charge in [-0.05, 0) is 24.3 Å². The van der Waals surface area contributed by atoms with Crippen LogP contribution in [0.3, 0.4) is 0 Å². The number of rotatable bonds is 5. The number of amides is 2. The summed E-state index contributed by atoms with van der Waals surface area (Å²) in [6.07, 6.45) is 2.53. The number of hydrogen-bond acceptors (Lipinski definition) is 2. The van der Waals surface area contributed by atoms with Gasteiger partial charge in [0.15, 0.2) is 0 Å². The fourth-order valence-electron chi connectivity index (χ4n) is 2.24. The molecule has 3 rings (SSSR count). The Morgan fingerprint density at radius 3 is 2.70 bits per heavy atom. The zero-order valence-electron chi connectivity index (χ0n) is 11.4. The highest BCUT2D eigenvalue weighted by molar-refractivity contribution is 6.01. The van der Waals surface area contributed by atoms with Crippen molar-refractivity contribution in [2.75, 3.05) is 18.4 Å². The van der Waals surface area contributed by atoms with Crippen LogP contribution in [0, 0.1) is 0 Å². The molecular weight excluding hydrogens is 250 g/mol. The van der Waals surface area contributed by atoms with Crippen LogP contribution in [-0.4, -0.2) is 25.2 Å². The molecule has 0 aromatic heterocycles. The molecule has 0 heterocycles. The summed E-state index contributed by atoms with van der Waals surface area (Å²) in [5, 5.41) is 11.3. The first-order valence-corrected chi connectivity index (χ1v) is 7.09. The van der Waals surface area contributed by atoms with Crippen molar-refractivity contribution in [3.05, 3.63) is 42.5 Å². The third-order valence-electron chi connectivity index (χ3n) is 3.46. The molecule has 104 valence electrons. The molecule has 0 radical (unpaired) electrons. The Balaban J connectivity index is 1.56. The first-order chi connectivity index (χ1) is 9.83. The molecule has 1 aliphatic carbocycles. The first kappa shape index (κ1) is 12.9. The Labute approximate surface area is 118 Å². The zero-order valence-corrected chi connectivity index (χ0v) is 11.4. The lowest BCUT2D eigenvalue weighted by molar-refractivity contribution is 0.252. The van der Waals surface area contributed by atoms with Crippen molar-refractivity contribution in [2.24, 2.45) is 0 Å². The molecule has 0 saturated heterocycles. The Bertz CT molecular complexity index is 602. The van der Waals surface area contributed by atoms with Gasteiger partial charge in [0.2, 0.25) is 0 Å². The van der Waals surface area contributed by atoms with Crippen LogP contribution in [-0.2, 0) is 0 Å². The number of carbonyl (C=O) groups excluding carboxylic acids is 1. The first-order valence-electron chi connectivity index (χ1n) is 7.09. The van der Waals surface area contributed by atoms with Gasteiger partial charge in [-0.3, -0.25) is 0 Å². The molecule has 1 aliphatic rings. The Morgan fingerprint density at radius 2 is 1.85 bits per heavy atom. The van der Waals surface area contributed by atoms with Gasteiger partial charge in [0, 0.05) is 24.5 Å². The molecule has 4 nitrogen and oxygen atoms in total. The number of anilines is 1. The highest BCUT2D eigenvalue weighted by Crippen LogP contribution is 2.22. The van der Waals surface area contributed by atoms with Gasteiger partial charge < -0.3 is 16.0 Å². The quantitative estimate of drug-likeness (QED) is 0.731. The molecule has 2 aromatic rings. The summed E-state index contributed by atoms with van der Waals surface area (Å²) in [5.41, 5.74) is 0.843. The largest absolute Gasteiger partial charge is 0.337 e. The van der Waals surface area contributed by atoms with Crippen LogP contribution < -0.4 is 16.0 Å². The minimum atomic E-state index is -0.154. The molecule has 0 aliphatic heterocycles. The van der Waals surface area contributed by atoms with Crippen LogP contribution in [0.5, 0.6) is 0 Å². The maximum Gasteiger partial charge on any atom is 0.319 e. The van der Waals surface area contributed by atoms with E-state index in [4.69, 9.17) is 0 Å². The molecule has 20 heavy (non-hydrogen) atoms. The smallest absolute Gasteiger partial charge is 0.319 e. The second-order valence-corrected chi connectivity index (χ2v) is 5.14. The van der Waals surface area contributed by atoms with E-state index in [1.807, 2.05) is 42.5 Å². The molecule has 2 aromatic carbocycles. The lowest BCUT2D eigenvalue weighted by Crippen LogP contribution is -2.35. The van der Waals surface area contributed by atoms with Gasteiger partial charge in [0.05, 0.1) is 5.69 Å². The summed E-state index contributed by atoms with van der Waals surface area (Å²) in [7, 11) is 0. The van der Waals surface area contributed by atoms with Crippen molar-refractivity contribution in [3.8, 4) is 0 Å². The number of benzene rings is 2. The van der Waals surface area contributed by atoms with Gasteiger partial charge in [-0.1, -0.05) is 36.4 Å². The SMILES string of the molecule is O=C(NCCNC1CC1)Nc1cccc2ccccc12. The number of hydrogen-bond donors (Lipinski definition) is 3. The van der Waals surface area contributed by atoms with Crippen LogP contribution in [0.4, 0.5) is 10.5 Å². The number of fused-ring (bicyclic) bond motifs is 1. The van der Waals surface area contributed by atoms with Crippen molar-refractivity contribution in [1.82, 2.24) is 10.6 Å². The maximum atomic E-state index is 11.9. The molecule has 3 N–H and O–H groups in total. The average molecular weight is 269 g/mol. The molecule has 0 atom stereocenters. The molecule has 0 bridgehead atoms. The van der Waals surface area contributed by atoms with Crippen LogP contribution in [0.1, 0.15) is 12.8 Å². The average Bonchev–Trinajstić information content (AvgIpc) is 3.28. The fraction of sp³-hybridized carbons (Fsp3) is 0.312. The maximum absolute atomic E-state index is 11.9. The van der Waals surface area contributed by atoms with E-state index in [-0.39, 0.29) is 6.03 Å². The van der Waals surface area contributed by atoms with Gasteiger partial charge in [-0.15, -0.1) is 0 Å². The predicted octanol–water partition coefficient (Wildman–Crippen LogP) is 2.71. The molecule has 0 spiro atoms. The standard InChI is InChI=1S/C16H19N3O/c20-16(18-11-10-17-13-8-9-13)19-15-7-3-5-12-4-1-2-6-14(12)15/h1-7,13,17H,8-11H2,(H2,18,19,20). The molecule has 1 fully saturated rings. The topological polar surface area (TPSA) is 53.2 Å². The van der Waals surface area contributed by atoms with Crippen molar-refractivity contribution in [2.45, 2.75) is 18.9 Å². The van der Waals surface area contributed by atoms with Crippen molar-refractivity contribution < 1.29 is 4.79 Å². The highest BCUT2D eigenvalue weighted by atomic mass is 16.2. The lowest BCUT2D eigenvalue weighted by atomic mass is 10.1. The summed E-state index contributed by atoms with van der Waals surface area (Å²) >= 11 is 0. The van der Waals surface area contributed by atoms with E-state index in [1.54, 1.807) is 0 Å². The molecule has 2 amide bonds. The highest BCUT2D eigenvalue weighted by Gasteiger charge is 2.19. The van der Waals surface area contributed by atoms with E-state index in [1.165, 1.54) is 12.8 Å². The molecule has 0 unspecified atom stereocenters. The third-order valence-corrected chi connectivity index (χ3v) is 3.46. The monoisotopic (exact) mass is 269 g/mol. The summed E-state index contributed by atoms with van der Waals surface area (Å²) < 4.78 is 0. The summed E-state index contributed by atoms with van der Waals surface area (Å²) in [4.78, 5) is 11.9. The third kappa shape index (κ3) is 3.27. The van der Waals surface area contributed by atoms with E-state index >= 15 is 0 Å². The minimum Gasteiger partial charge on any atom is -0.337 e. The number of urea groups is 1. The Hall–Kier alpha value is -2.07. The second-order valence-electron chi connectivity index (χ2n) is 5.14. The lowest BCUT2D eigenvalue weighted by Gasteiger charge is -2.10. The van der Waals surface area contributed by atoms with Crippen LogP contribution >= 0.6 is 0 Å². The zero-order chi connectivity index (χ0) is 13.8. The van der Waals surface area contributed by atoms with E-state index in [0.29, 0.717) is 12.6 Å². The number of carbonyl (C=O) groups is 1. The van der Waals surface area contributed by atoms with Crippen molar-refractivity contribution in [3.63, 3.8) is 0 Å². The van der Waals surface area contributed by atoms with Gasteiger partial charge >= 0.3 is 6.03 Å². The fourth-order valence-corrected chi connectivity index (χ4v) is 2.24. The van der Waals surface area contributed by atoms with E-state index in [2.05, 4.69) is 16.0 Å². The molecular formula is C16H19N3O. The molecule has 4 heteroatoms. The van der Waals surface area contributed by atoms with E-state index < -0.39 is 0 Å².